The van der Waals surface area contributed by atoms with Gasteiger partial charge in [0.05, 0.1) is 25.5 Å². The zero-order valence-corrected chi connectivity index (χ0v) is 21.5. The van der Waals surface area contributed by atoms with Gasteiger partial charge in [0.25, 0.3) is 0 Å². The van der Waals surface area contributed by atoms with E-state index in [0.29, 0.717) is 18.5 Å². The van der Waals surface area contributed by atoms with Crippen molar-refractivity contribution >= 4 is 41.3 Å². The zero-order valence-electron chi connectivity index (χ0n) is 18.3. The molecule has 0 radical (unpaired) electrons. The third kappa shape index (κ3) is 7.21. The standard InChI is InChI=1S/C21H33N5O2S.HI/c1-5-22-20(25-15-19-23-14-18(28-19)21(2,3)4)24-13-16(17-7-6-12-29-17)26-8-10-27-11-9-26;/h6-7,12,14,16H,5,8-11,13,15H2,1-4H3,(H2,22,24,25);1H. The van der Waals surface area contributed by atoms with Gasteiger partial charge in [-0.15, -0.1) is 35.3 Å². The number of hydrogen-bond acceptors (Lipinski definition) is 6. The van der Waals surface area contributed by atoms with Crippen LogP contribution in [0.4, 0.5) is 0 Å². The summed E-state index contributed by atoms with van der Waals surface area (Å²) in [6.45, 7) is 13.9. The minimum absolute atomic E-state index is 0. The molecule has 0 aromatic carbocycles. The fourth-order valence-electron chi connectivity index (χ4n) is 3.19. The maximum atomic E-state index is 5.86. The van der Waals surface area contributed by atoms with Crippen LogP contribution in [0.25, 0.3) is 0 Å². The highest BCUT2D eigenvalue weighted by atomic mass is 127. The maximum absolute atomic E-state index is 5.86. The van der Waals surface area contributed by atoms with Gasteiger partial charge in [-0.05, 0) is 18.4 Å². The van der Waals surface area contributed by atoms with Gasteiger partial charge < -0.3 is 19.8 Å². The van der Waals surface area contributed by atoms with Gasteiger partial charge in [0, 0.05) is 36.5 Å². The summed E-state index contributed by atoms with van der Waals surface area (Å²) in [5.41, 5.74) is -0.0518. The summed E-state index contributed by atoms with van der Waals surface area (Å²) in [4.78, 5) is 12.9. The number of aliphatic imine (C=N–C) groups is 1. The highest BCUT2D eigenvalue weighted by molar-refractivity contribution is 14.0. The summed E-state index contributed by atoms with van der Waals surface area (Å²) in [6.07, 6.45) is 1.80. The predicted molar refractivity (Wildman–Crippen MR) is 133 cm³/mol. The lowest BCUT2D eigenvalue weighted by Crippen LogP contribution is -2.46. The van der Waals surface area contributed by atoms with E-state index >= 15 is 0 Å². The Hall–Kier alpha value is -1.17. The highest BCUT2D eigenvalue weighted by Gasteiger charge is 2.24. The smallest absolute Gasteiger partial charge is 0.216 e. The lowest BCUT2D eigenvalue weighted by atomic mass is 9.94. The molecule has 0 amide bonds. The molecule has 0 spiro atoms. The van der Waals surface area contributed by atoms with E-state index in [2.05, 4.69) is 70.7 Å². The molecule has 7 nitrogen and oxygen atoms in total. The molecular formula is C21H34IN5O2S. The van der Waals surface area contributed by atoms with Crippen LogP contribution in [0.3, 0.4) is 0 Å². The van der Waals surface area contributed by atoms with E-state index in [-0.39, 0.29) is 29.4 Å². The molecule has 1 unspecified atom stereocenters. The number of aromatic nitrogens is 1. The van der Waals surface area contributed by atoms with Crippen molar-refractivity contribution in [2.24, 2.45) is 4.99 Å². The fourth-order valence-corrected chi connectivity index (χ4v) is 4.05. The fraction of sp³-hybridized carbons (Fsp3) is 0.619. The van der Waals surface area contributed by atoms with Crippen LogP contribution in [0.2, 0.25) is 0 Å². The number of thiophene rings is 1. The van der Waals surface area contributed by atoms with E-state index in [9.17, 15) is 0 Å². The van der Waals surface area contributed by atoms with Crippen LogP contribution in [-0.4, -0.2) is 55.2 Å². The average molecular weight is 548 g/mol. The van der Waals surface area contributed by atoms with Crippen molar-refractivity contribution in [3.8, 4) is 0 Å². The molecule has 9 heteroatoms. The van der Waals surface area contributed by atoms with Gasteiger partial charge in [-0.2, -0.15) is 0 Å². The topological polar surface area (TPSA) is 74.9 Å². The molecule has 2 N–H and O–H groups in total. The summed E-state index contributed by atoms with van der Waals surface area (Å²) in [6, 6.07) is 4.62. The molecule has 0 bridgehead atoms. The lowest BCUT2D eigenvalue weighted by molar-refractivity contribution is 0.0177. The molecule has 3 rings (SSSR count). The third-order valence-electron chi connectivity index (χ3n) is 4.83. The van der Waals surface area contributed by atoms with Crippen LogP contribution in [0, 0.1) is 0 Å². The second kappa shape index (κ2) is 12.0. The van der Waals surface area contributed by atoms with Crippen LogP contribution in [-0.2, 0) is 16.7 Å². The molecule has 0 saturated carbocycles. The first-order valence-electron chi connectivity index (χ1n) is 10.3. The number of morpholine rings is 1. The summed E-state index contributed by atoms with van der Waals surface area (Å²) in [5, 5.41) is 8.97. The van der Waals surface area contributed by atoms with E-state index < -0.39 is 0 Å². The second-order valence-electron chi connectivity index (χ2n) is 8.12. The Labute approximate surface area is 200 Å². The van der Waals surface area contributed by atoms with Gasteiger partial charge in [-0.1, -0.05) is 26.8 Å². The zero-order chi connectivity index (χ0) is 20.7. The summed E-state index contributed by atoms with van der Waals surface area (Å²) >= 11 is 1.80. The van der Waals surface area contributed by atoms with Crippen molar-refractivity contribution in [1.29, 1.82) is 0 Å². The third-order valence-corrected chi connectivity index (χ3v) is 5.80. The number of guanidine groups is 1. The van der Waals surface area contributed by atoms with Gasteiger partial charge in [-0.25, -0.2) is 9.98 Å². The van der Waals surface area contributed by atoms with Gasteiger partial charge in [0.15, 0.2) is 5.96 Å². The SMILES string of the molecule is CCNC(=NCc1ncc(C(C)(C)C)o1)NCC(c1cccs1)N1CCOCC1.I. The van der Waals surface area contributed by atoms with Crippen LogP contribution in [0.15, 0.2) is 33.1 Å². The first-order chi connectivity index (χ1) is 14.0. The van der Waals surface area contributed by atoms with Crippen molar-refractivity contribution in [1.82, 2.24) is 20.5 Å². The molecule has 1 aliphatic rings. The van der Waals surface area contributed by atoms with Gasteiger partial charge >= 0.3 is 0 Å². The molecule has 168 valence electrons. The summed E-state index contributed by atoms with van der Waals surface area (Å²) in [7, 11) is 0. The molecule has 1 atom stereocenters. The van der Waals surface area contributed by atoms with Crippen molar-refractivity contribution in [3.63, 3.8) is 0 Å². The molecule has 1 fully saturated rings. The van der Waals surface area contributed by atoms with E-state index in [0.717, 1.165) is 51.1 Å². The first-order valence-corrected chi connectivity index (χ1v) is 11.2. The first kappa shape index (κ1) is 25.1. The number of nitrogens with one attached hydrogen (secondary N) is 2. The number of halogens is 1. The van der Waals surface area contributed by atoms with E-state index in [1.807, 2.05) is 0 Å². The van der Waals surface area contributed by atoms with Gasteiger partial charge in [-0.3, -0.25) is 4.90 Å². The number of oxazole rings is 1. The quantitative estimate of drug-likeness (QED) is 0.312. The lowest BCUT2D eigenvalue weighted by Gasteiger charge is -2.34. The molecule has 1 saturated heterocycles. The number of nitrogens with zero attached hydrogens (tertiary/aromatic N) is 3. The summed E-state index contributed by atoms with van der Waals surface area (Å²) in [5.74, 6) is 2.29. The van der Waals surface area contributed by atoms with E-state index in [4.69, 9.17) is 9.15 Å². The molecule has 0 aliphatic carbocycles. The monoisotopic (exact) mass is 547 g/mol. The Morgan fingerprint density at radius 1 is 1.30 bits per heavy atom. The van der Waals surface area contributed by atoms with Crippen molar-refractivity contribution < 1.29 is 9.15 Å². The molecular weight excluding hydrogens is 513 g/mol. The van der Waals surface area contributed by atoms with E-state index in [1.165, 1.54) is 4.88 Å². The number of ether oxygens (including phenoxy) is 1. The molecule has 2 aromatic heterocycles. The normalized spacial score (nSPS) is 16.7. The predicted octanol–water partition coefficient (Wildman–Crippen LogP) is 3.78. The number of rotatable bonds is 7. The maximum Gasteiger partial charge on any atom is 0.216 e. The molecule has 3 heterocycles. The van der Waals surface area contributed by atoms with E-state index in [1.54, 1.807) is 17.5 Å². The Morgan fingerprint density at radius 3 is 2.67 bits per heavy atom. The molecule has 1 aliphatic heterocycles. The largest absolute Gasteiger partial charge is 0.443 e. The van der Waals surface area contributed by atoms with Crippen LogP contribution in [0.5, 0.6) is 0 Å². The van der Waals surface area contributed by atoms with Gasteiger partial charge in [0.2, 0.25) is 5.89 Å². The van der Waals surface area contributed by atoms with Crippen molar-refractivity contribution in [3.05, 3.63) is 40.2 Å². The molecule has 2 aromatic rings. The minimum Gasteiger partial charge on any atom is -0.443 e. The Balaban J connectivity index is 0.00000320. The second-order valence-corrected chi connectivity index (χ2v) is 9.10. The van der Waals surface area contributed by atoms with Crippen LogP contribution >= 0.6 is 35.3 Å². The van der Waals surface area contributed by atoms with Gasteiger partial charge in [0.1, 0.15) is 12.3 Å². The summed E-state index contributed by atoms with van der Waals surface area (Å²) < 4.78 is 11.4. The van der Waals surface area contributed by atoms with Crippen LogP contribution < -0.4 is 10.6 Å². The Bertz CT molecular complexity index is 767. The van der Waals surface area contributed by atoms with Crippen molar-refractivity contribution in [2.45, 2.75) is 45.7 Å². The Kier molecular flexibility index (Phi) is 10.1. The highest BCUT2D eigenvalue weighted by Crippen LogP contribution is 2.25. The number of hydrogen-bond donors (Lipinski definition) is 2. The Morgan fingerprint density at radius 2 is 2.07 bits per heavy atom. The minimum atomic E-state index is -0.0518. The van der Waals surface area contributed by atoms with Crippen molar-refractivity contribution in [2.75, 3.05) is 39.4 Å². The average Bonchev–Trinajstić information content (AvgIpc) is 3.39. The molecule has 30 heavy (non-hydrogen) atoms. The van der Waals surface area contributed by atoms with Crippen LogP contribution in [0.1, 0.15) is 50.3 Å².